The molecule has 4 aromatic rings. The highest BCUT2D eigenvalue weighted by atomic mass is 16.2. The third kappa shape index (κ3) is 5.31. The zero-order chi connectivity index (χ0) is 29.3. The standard InChI is InChI=1S/C32H36N6O3/c1-6-37-27-14-13-24(18-28(27)35(5)30(40)32(3,4)31(37)41)20-36(17-15-23-10-9-16-33-19-23)29(39)21-38-22(2)34-25-11-7-8-12-26(25)38/h7-14,16,18-19H,6,15,17,20-21H2,1-5H3. The predicted molar refractivity (Wildman–Crippen MR) is 159 cm³/mol. The van der Waals surface area contributed by atoms with E-state index in [1.807, 2.05) is 84.1 Å². The lowest BCUT2D eigenvalue weighted by Crippen LogP contribution is -2.47. The molecule has 2 aromatic carbocycles. The third-order valence-electron chi connectivity index (χ3n) is 7.89. The minimum absolute atomic E-state index is 0.0361. The maximum Gasteiger partial charge on any atom is 0.242 e. The first kappa shape index (κ1) is 28.0. The van der Waals surface area contributed by atoms with Crippen LogP contribution >= 0.6 is 0 Å². The van der Waals surface area contributed by atoms with Crippen molar-refractivity contribution in [2.75, 3.05) is 29.9 Å². The first-order valence-electron chi connectivity index (χ1n) is 13.9. The normalized spacial score (nSPS) is 14.8. The van der Waals surface area contributed by atoms with E-state index in [-0.39, 0.29) is 24.3 Å². The Kier molecular flexibility index (Phi) is 7.62. The van der Waals surface area contributed by atoms with Gasteiger partial charge < -0.3 is 19.3 Å². The molecule has 41 heavy (non-hydrogen) atoms. The van der Waals surface area contributed by atoms with E-state index >= 15 is 0 Å². The lowest BCUT2D eigenvalue weighted by Gasteiger charge is -2.27. The van der Waals surface area contributed by atoms with Crippen molar-refractivity contribution in [3.8, 4) is 0 Å². The highest BCUT2D eigenvalue weighted by Gasteiger charge is 2.45. The van der Waals surface area contributed by atoms with E-state index in [1.165, 1.54) is 0 Å². The summed E-state index contributed by atoms with van der Waals surface area (Å²) in [6.07, 6.45) is 4.20. The number of nitrogens with zero attached hydrogens (tertiary/aromatic N) is 6. The smallest absolute Gasteiger partial charge is 0.242 e. The van der Waals surface area contributed by atoms with Crippen LogP contribution in [0.25, 0.3) is 11.0 Å². The Morgan fingerprint density at radius 3 is 2.49 bits per heavy atom. The van der Waals surface area contributed by atoms with Crippen molar-refractivity contribution in [1.82, 2.24) is 19.4 Å². The molecule has 3 heterocycles. The lowest BCUT2D eigenvalue weighted by molar-refractivity contribution is -0.137. The fourth-order valence-corrected chi connectivity index (χ4v) is 5.50. The number of para-hydroxylation sites is 2. The number of rotatable bonds is 8. The number of fused-ring (bicyclic) bond motifs is 2. The van der Waals surface area contributed by atoms with Crippen LogP contribution in [0, 0.1) is 12.3 Å². The van der Waals surface area contributed by atoms with Gasteiger partial charge in [-0.3, -0.25) is 19.4 Å². The van der Waals surface area contributed by atoms with Crippen LogP contribution < -0.4 is 9.80 Å². The first-order chi connectivity index (χ1) is 19.6. The quantitative estimate of drug-likeness (QED) is 0.303. The summed E-state index contributed by atoms with van der Waals surface area (Å²) in [7, 11) is 1.71. The summed E-state index contributed by atoms with van der Waals surface area (Å²) in [5, 5.41) is 0. The molecule has 1 aliphatic heterocycles. The zero-order valence-corrected chi connectivity index (χ0v) is 24.3. The summed E-state index contributed by atoms with van der Waals surface area (Å²) < 4.78 is 1.95. The van der Waals surface area contributed by atoms with Gasteiger partial charge in [0, 0.05) is 39.1 Å². The summed E-state index contributed by atoms with van der Waals surface area (Å²) in [5.74, 6) is 0.262. The van der Waals surface area contributed by atoms with E-state index in [4.69, 9.17) is 0 Å². The summed E-state index contributed by atoms with van der Waals surface area (Å²) in [6.45, 7) is 8.61. The molecule has 0 fully saturated rings. The van der Waals surface area contributed by atoms with Crippen molar-refractivity contribution < 1.29 is 14.4 Å². The molecule has 3 amide bonds. The third-order valence-corrected chi connectivity index (χ3v) is 7.89. The minimum atomic E-state index is -1.18. The van der Waals surface area contributed by atoms with Gasteiger partial charge in [0.25, 0.3) is 0 Å². The number of carbonyl (C=O) groups is 3. The summed E-state index contributed by atoms with van der Waals surface area (Å²) in [4.78, 5) is 54.4. The number of aromatic nitrogens is 3. The van der Waals surface area contributed by atoms with Crippen molar-refractivity contribution in [2.24, 2.45) is 5.41 Å². The first-order valence-corrected chi connectivity index (χ1v) is 13.9. The van der Waals surface area contributed by atoms with Crippen molar-refractivity contribution >= 4 is 40.1 Å². The van der Waals surface area contributed by atoms with Crippen LogP contribution in [0.15, 0.2) is 67.0 Å². The topological polar surface area (TPSA) is 91.6 Å². The van der Waals surface area contributed by atoms with Gasteiger partial charge in [-0.25, -0.2) is 4.98 Å². The largest absolute Gasteiger partial charge is 0.336 e. The van der Waals surface area contributed by atoms with Gasteiger partial charge in [0.05, 0.1) is 22.4 Å². The molecule has 0 unspecified atom stereocenters. The fraction of sp³-hybridized carbons (Fsp3) is 0.344. The van der Waals surface area contributed by atoms with Crippen molar-refractivity contribution in [2.45, 2.75) is 47.2 Å². The molecule has 9 heteroatoms. The van der Waals surface area contributed by atoms with Crippen LogP contribution in [0.4, 0.5) is 11.4 Å². The van der Waals surface area contributed by atoms with Gasteiger partial charge in [0.1, 0.15) is 17.8 Å². The molecule has 1 aliphatic rings. The molecule has 0 N–H and O–H groups in total. The average molecular weight is 553 g/mol. The van der Waals surface area contributed by atoms with Gasteiger partial charge in [0.15, 0.2) is 0 Å². The summed E-state index contributed by atoms with van der Waals surface area (Å²) in [5.41, 5.74) is 3.86. The summed E-state index contributed by atoms with van der Waals surface area (Å²) >= 11 is 0. The number of benzene rings is 2. The lowest BCUT2D eigenvalue weighted by atomic mass is 9.90. The van der Waals surface area contributed by atoms with Crippen LogP contribution in [0.5, 0.6) is 0 Å². The molecule has 0 spiro atoms. The Balaban J connectivity index is 1.47. The van der Waals surface area contributed by atoms with Gasteiger partial charge in [-0.1, -0.05) is 24.3 Å². The number of aryl methyl sites for hydroxylation is 1. The number of pyridine rings is 1. The number of hydrogen-bond acceptors (Lipinski definition) is 5. The predicted octanol–water partition coefficient (Wildman–Crippen LogP) is 4.37. The average Bonchev–Trinajstić information content (AvgIpc) is 3.27. The van der Waals surface area contributed by atoms with E-state index < -0.39 is 5.41 Å². The molecule has 9 nitrogen and oxygen atoms in total. The van der Waals surface area contributed by atoms with E-state index in [2.05, 4.69) is 9.97 Å². The molecule has 0 atom stereocenters. The molecule has 5 rings (SSSR count). The zero-order valence-electron chi connectivity index (χ0n) is 24.3. The molecular formula is C32H36N6O3. The van der Waals surface area contributed by atoms with Gasteiger partial charge in [-0.05, 0) is 75.6 Å². The maximum absolute atomic E-state index is 13.9. The molecule has 0 radical (unpaired) electrons. The summed E-state index contributed by atoms with van der Waals surface area (Å²) in [6, 6.07) is 17.5. The number of anilines is 2. The van der Waals surface area contributed by atoms with E-state index in [0.717, 1.165) is 28.0 Å². The van der Waals surface area contributed by atoms with Crippen LogP contribution in [-0.4, -0.2) is 57.3 Å². The fourth-order valence-electron chi connectivity index (χ4n) is 5.50. The Morgan fingerprint density at radius 2 is 1.76 bits per heavy atom. The Hall–Kier alpha value is -4.53. The molecule has 0 saturated heterocycles. The number of imidazole rings is 1. The Labute approximate surface area is 240 Å². The van der Waals surface area contributed by atoms with Gasteiger partial charge in [-0.15, -0.1) is 0 Å². The SMILES string of the molecule is CCN1C(=O)C(C)(C)C(=O)N(C)c2cc(CN(CCc3cccnc3)C(=O)Cn3c(C)nc4ccccc43)ccc21. The Bertz CT molecular complexity index is 1610. The maximum atomic E-state index is 13.9. The second-order valence-electron chi connectivity index (χ2n) is 11.0. The molecule has 212 valence electrons. The molecule has 2 aromatic heterocycles. The van der Waals surface area contributed by atoms with E-state index in [9.17, 15) is 14.4 Å². The number of amides is 3. The second-order valence-corrected chi connectivity index (χ2v) is 11.0. The van der Waals surface area contributed by atoms with Crippen molar-refractivity contribution in [3.05, 3.63) is 83.9 Å². The van der Waals surface area contributed by atoms with Crippen LogP contribution in [0.3, 0.4) is 0 Å². The molecule has 0 saturated carbocycles. The number of carbonyl (C=O) groups excluding carboxylic acids is 3. The highest BCUT2D eigenvalue weighted by Crippen LogP contribution is 2.39. The van der Waals surface area contributed by atoms with Crippen LogP contribution in [-0.2, 0) is 33.9 Å². The van der Waals surface area contributed by atoms with Gasteiger partial charge >= 0.3 is 0 Å². The van der Waals surface area contributed by atoms with Crippen LogP contribution in [0.2, 0.25) is 0 Å². The van der Waals surface area contributed by atoms with E-state index in [1.54, 1.807) is 36.9 Å². The molecular weight excluding hydrogens is 516 g/mol. The van der Waals surface area contributed by atoms with Crippen LogP contribution in [0.1, 0.15) is 37.7 Å². The van der Waals surface area contributed by atoms with E-state index in [0.29, 0.717) is 37.4 Å². The van der Waals surface area contributed by atoms with Crippen molar-refractivity contribution in [1.29, 1.82) is 0 Å². The minimum Gasteiger partial charge on any atom is -0.336 e. The molecule has 0 bridgehead atoms. The Morgan fingerprint density at radius 1 is 0.976 bits per heavy atom. The monoisotopic (exact) mass is 552 g/mol. The van der Waals surface area contributed by atoms with Gasteiger partial charge in [0.2, 0.25) is 17.7 Å². The molecule has 0 aliphatic carbocycles. The number of hydrogen-bond donors (Lipinski definition) is 0. The highest BCUT2D eigenvalue weighted by molar-refractivity contribution is 6.19. The van der Waals surface area contributed by atoms with Crippen molar-refractivity contribution in [3.63, 3.8) is 0 Å². The van der Waals surface area contributed by atoms with Gasteiger partial charge in [-0.2, -0.15) is 0 Å². The second kappa shape index (κ2) is 11.2.